The van der Waals surface area contributed by atoms with Crippen LogP contribution in [0.5, 0.6) is 0 Å². The molecule has 0 spiro atoms. The van der Waals surface area contributed by atoms with Gasteiger partial charge in [-0.2, -0.15) is 0 Å². The topological polar surface area (TPSA) is 57.7 Å². The molecule has 0 bridgehead atoms. The van der Waals surface area contributed by atoms with Crippen molar-refractivity contribution in [3.8, 4) is 0 Å². The Kier molecular flexibility index (Phi) is 5.05. The number of anilines is 2. The third-order valence-electron chi connectivity index (χ3n) is 4.82. The van der Waals surface area contributed by atoms with Crippen LogP contribution in [0.2, 0.25) is 0 Å². The van der Waals surface area contributed by atoms with Gasteiger partial charge in [0.05, 0.1) is 11.9 Å². The maximum atomic E-state index is 13.1. The van der Waals surface area contributed by atoms with Crippen molar-refractivity contribution in [1.82, 2.24) is 0 Å². The maximum Gasteiger partial charge on any atom is 0.250 e. The van der Waals surface area contributed by atoms with E-state index in [1.165, 1.54) is 4.31 Å². The minimum atomic E-state index is -3.60. The number of carbonyl (C=O) groups excluding carboxylic acids is 1. The van der Waals surface area contributed by atoms with E-state index < -0.39 is 16.1 Å². The molecule has 0 aliphatic carbocycles. The molecule has 1 aliphatic rings. The SMILES string of the molecule is CCc1ccc(N(C(C)C(=O)N2CCc3ccccc32)S(C)(=O)=O)cc1. The highest BCUT2D eigenvalue weighted by Gasteiger charge is 2.34. The van der Waals surface area contributed by atoms with Crippen LogP contribution >= 0.6 is 0 Å². The lowest BCUT2D eigenvalue weighted by Gasteiger charge is -2.31. The van der Waals surface area contributed by atoms with Gasteiger partial charge < -0.3 is 4.90 Å². The van der Waals surface area contributed by atoms with Crippen LogP contribution in [-0.4, -0.2) is 33.2 Å². The first-order valence-corrected chi connectivity index (χ1v) is 10.7. The summed E-state index contributed by atoms with van der Waals surface area (Å²) in [5, 5.41) is 0. The molecule has 1 heterocycles. The lowest BCUT2D eigenvalue weighted by molar-refractivity contribution is -0.119. The van der Waals surface area contributed by atoms with E-state index in [4.69, 9.17) is 0 Å². The van der Waals surface area contributed by atoms with Gasteiger partial charge in [-0.25, -0.2) is 8.42 Å². The van der Waals surface area contributed by atoms with Crippen molar-refractivity contribution in [2.24, 2.45) is 0 Å². The van der Waals surface area contributed by atoms with Gasteiger partial charge in [-0.1, -0.05) is 37.3 Å². The molecule has 1 aliphatic heterocycles. The molecule has 1 atom stereocenters. The number of hydrogen-bond acceptors (Lipinski definition) is 3. The number of nitrogens with zero attached hydrogens (tertiary/aromatic N) is 2. The molecule has 2 aromatic carbocycles. The van der Waals surface area contributed by atoms with Crippen LogP contribution in [0.25, 0.3) is 0 Å². The van der Waals surface area contributed by atoms with Crippen LogP contribution in [0.3, 0.4) is 0 Å². The second-order valence-corrected chi connectivity index (χ2v) is 8.48. The molecule has 3 rings (SSSR count). The monoisotopic (exact) mass is 372 g/mol. The first kappa shape index (κ1) is 18.5. The van der Waals surface area contributed by atoms with Crippen LogP contribution < -0.4 is 9.21 Å². The zero-order chi connectivity index (χ0) is 18.9. The molecular formula is C20H24N2O3S. The first-order chi connectivity index (χ1) is 12.3. The van der Waals surface area contributed by atoms with Crippen molar-refractivity contribution in [3.63, 3.8) is 0 Å². The minimum absolute atomic E-state index is 0.208. The van der Waals surface area contributed by atoms with Crippen molar-refractivity contribution in [2.45, 2.75) is 32.7 Å². The first-order valence-electron chi connectivity index (χ1n) is 8.80. The fraction of sp³-hybridized carbons (Fsp3) is 0.350. The summed E-state index contributed by atoms with van der Waals surface area (Å²) in [6.07, 6.45) is 2.80. The van der Waals surface area contributed by atoms with Gasteiger partial charge in [0.2, 0.25) is 10.0 Å². The fourth-order valence-corrected chi connectivity index (χ4v) is 4.64. The van der Waals surface area contributed by atoms with Gasteiger partial charge in [0.25, 0.3) is 5.91 Å². The van der Waals surface area contributed by atoms with Crippen LogP contribution in [-0.2, 0) is 27.7 Å². The van der Waals surface area contributed by atoms with Crippen molar-refractivity contribution in [2.75, 3.05) is 22.0 Å². The van der Waals surface area contributed by atoms with E-state index in [-0.39, 0.29) is 5.91 Å². The average Bonchev–Trinajstić information content (AvgIpc) is 3.04. The Morgan fingerprint density at radius 3 is 2.42 bits per heavy atom. The molecule has 0 saturated heterocycles. The highest BCUT2D eigenvalue weighted by atomic mass is 32.2. The molecule has 138 valence electrons. The fourth-order valence-electron chi connectivity index (χ4n) is 3.47. The van der Waals surface area contributed by atoms with Crippen molar-refractivity contribution in [1.29, 1.82) is 0 Å². The summed E-state index contributed by atoms with van der Waals surface area (Å²) in [7, 11) is -3.60. The Bertz CT molecular complexity index is 907. The second kappa shape index (κ2) is 7.11. The van der Waals surface area contributed by atoms with Gasteiger partial charge in [-0.3, -0.25) is 9.10 Å². The smallest absolute Gasteiger partial charge is 0.250 e. The summed E-state index contributed by atoms with van der Waals surface area (Å²) in [6.45, 7) is 4.27. The summed E-state index contributed by atoms with van der Waals surface area (Å²) in [5.74, 6) is -0.208. The van der Waals surface area contributed by atoms with Gasteiger partial charge in [-0.05, 0) is 49.1 Å². The number of hydrogen-bond donors (Lipinski definition) is 0. The van der Waals surface area contributed by atoms with E-state index in [1.807, 2.05) is 43.3 Å². The molecule has 1 unspecified atom stereocenters. The van der Waals surface area contributed by atoms with Crippen LogP contribution in [0.1, 0.15) is 25.0 Å². The highest BCUT2D eigenvalue weighted by Crippen LogP contribution is 2.30. The van der Waals surface area contributed by atoms with E-state index in [1.54, 1.807) is 24.0 Å². The number of aryl methyl sites for hydroxylation is 1. The lowest BCUT2D eigenvalue weighted by atomic mass is 10.1. The molecule has 0 N–H and O–H groups in total. The van der Waals surface area contributed by atoms with Crippen molar-refractivity contribution in [3.05, 3.63) is 59.7 Å². The second-order valence-electron chi connectivity index (χ2n) is 6.62. The van der Waals surface area contributed by atoms with E-state index in [2.05, 4.69) is 0 Å². The Labute approximate surface area is 155 Å². The van der Waals surface area contributed by atoms with E-state index in [9.17, 15) is 13.2 Å². The Balaban J connectivity index is 1.93. The highest BCUT2D eigenvalue weighted by molar-refractivity contribution is 7.92. The molecule has 0 fully saturated rings. The van der Waals surface area contributed by atoms with Crippen LogP contribution in [0.15, 0.2) is 48.5 Å². The van der Waals surface area contributed by atoms with Gasteiger partial charge >= 0.3 is 0 Å². The molecule has 1 amide bonds. The lowest BCUT2D eigenvalue weighted by Crippen LogP contribution is -2.49. The summed E-state index contributed by atoms with van der Waals surface area (Å²) in [4.78, 5) is 14.8. The van der Waals surface area contributed by atoms with E-state index in [0.717, 1.165) is 35.9 Å². The van der Waals surface area contributed by atoms with Crippen molar-refractivity contribution < 1.29 is 13.2 Å². The molecule has 0 aromatic heterocycles. The molecule has 0 radical (unpaired) electrons. The normalized spacial score (nSPS) is 14.8. The number of amides is 1. The maximum absolute atomic E-state index is 13.1. The van der Waals surface area contributed by atoms with Crippen LogP contribution in [0, 0.1) is 0 Å². The summed E-state index contributed by atoms with van der Waals surface area (Å²) >= 11 is 0. The van der Waals surface area contributed by atoms with E-state index >= 15 is 0 Å². The number of carbonyl (C=O) groups is 1. The number of rotatable bonds is 5. The van der Waals surface area contributed by atoms with Gasteiger partial charge in [0, 0.05) is 12.2 Å². The zero-order valence-corrected chi connectivity index (χ0v) is 16.2. The minimum Gasteiger partial charge on any atom is -0.310 e. The largest absolute Gasteiger partial charge is 0.310 e. The van der Waals surface area contributed by atoms with E-state index in [0.29, 0.717) is 12.2 Å². The molecule has 6 heteroatoms. The Morgan fingerprint density at radius 2 is 1.81 bits per heavy atom. The molecule has 26 heavy (non-hydrogen) atoms. The summed E-state index contributed by atoms with van der Waals surface area (Å²) < 4.78 is 26.1. The molecule has 2 aromatic rings. The number of fused-ring (bicyclic) bond motifs is 1. The Hall–Kier alpha value is -2.34. The summed E-state index contributed by atoms with van der Waals surface area (Å²) in [5.41, 5.74) is 3.62. The predicted octanol–water partition coefficient (Wildman–Crippen LogP) is 2.99. The number of sulfonamides is 1. The third kappa shape index (κ3) is 3.46. The zero-order valence-electron chi connectivity index (χ0n) is 15.3. The number of para-hydroxylation sites is 1. The molecule has 5 nitrogen and oxygen atoms in total. The third-order valence-corrected chi connectivity index (χ3v) is 6.06. The molecule has 0 saturated carbocycles. The quantitative estimate of drug-likeness (QED) is 0.811. The van der Waals surface area contributed by atoms with Gasteiger partial charge in [0.15, 0.2) is 0 Å². The summed E-state index contributed by atoms with van der Waals surface area (Å²) in [6, 6.07) is 14.3. The van der Waals surface area contributed by atoms with Crippen molar-refractivity contribution >= 4 is 27.3 Å². The molecular weight excluding hydrogens is 348 g/mol. The number of benzene rings is 2. The van der Waals surface area contributed by atoms with Crippen LogP contribution in [0.4, 0.5) is 11.4 Å². The van der Waals surface area contributed by atoms with Gasteiger partial charge in [0.1, 0.15) is 6.04 Å². The predicted molar refractivity (Wildman–Crippen MR) is 105 cm³/mol. The average molecular weight is 372 g/mol. The van der Waals surface area contributed by atoms with Gasteiger partial charge in [-0.15, -0.1) is 0 Å². The standard InChI is InChI=1S/C20H24N2O3S/c1-4-16-9-11-18(12-10-16)22(26(3,24)25)15(2)20(23)21-14-13-17-7-5-6-8-19(17)21/h5-12,15H,4,13-14H2,1-3H3. The Morgan fingerprint density at radius 1 is 1.15 bits per heavy atom.